The van der Waals surface area contributed by atoms with Gasteiger partial charge in [0.05, 0.1) is 12.1 Å². The second kappa shape index (κ2) is 7.46. The molecular weight excluding hydrogens is 407 g/mol. The minimum Gasteiger partial charge on any atom is -0.271 e. The molecule has 0 fully saturated rings. The number of halogens is 1. The van der Waals surface area contributed by atoms with E-state index in [1.807, 2.05) is 52.2 Å². The predicted octanol–water partition coefficient (Wildman–Crippen LogP) is 4.59. The third-order valence-electron chi connectivity index (χ3n) is 4.62. The molecule has 0 aliphatic carbocycles. The van der Waals surface area contributed by atoms with Crippen LogP contribution in [-0.4, -0.2) is 19.2 Å². The van der Waals surface area contributed by atoms with Gasteiger partial charge in [0.15, 0.2) is 5.16 Å². The van der Waals surface area contributed by atoms with Crippen LogP contribution >= 0.6 is 23.1 Å². The monoisotopic (exact) mass is 422 g/mol. The van der Waals surface area contributed by atoms with Gasteiger partial charge in [-0.3, -0.25) is 13.8 Å². The van der Waals surface area contributed by atoms with Gasteiger partial charge in [-0.25, -0.2) is 4.39 Å². The molecule has 0 aliphatic heterocycles. The highest BCUT2D eigenvalue weighted by Gasteiger charge is 2.18. The molecule has 144 valence electrons. The van der Waals surface area contributed by atoms with E-state index in [9.17, 15) is 9.18 Å². The zero-order chi connectivity index (χ0) is 19.8. The molecule has 8 heteroatoms. The average molecular weight is 423 g/mol. The maximum Gasteiger partial charge on any atom is 0.273 e. The Bertz CT molecular complexity index is 1370. The van der Waals surface area contributed by atoms with Crippen molar-refractivity contribution in [2.45, 2.75) is 17.5 Å². The minimum atomic E-state index is -0.258. The summed E-state index contributed by atoms with van der Waals surface area (Å²) in [5.74, 6) is 0.805. The van der Waals surface area contributed by atoms with Crippen LogP contribution in [0.2, 0.25) is 0 Å². The maximum absolute atomic E-state index is 13.5. The van der Waals surface area contributed by atoms with E-state index < -0.39 is 0 Å². The molecule has 2 aromatic carbocycles. The fourth-order valence-electron chi connectivity index (χ4n) is 3.28. The van der Waals surface area contributed by atoms with Crippen LogP contribution in [0.25, 0.3) is 16.0 Å². The van der Waals surface area contributed by atoms with Crippen LogP contribution in [0.15, 0.2) is 76.0 Å². The van der Waals surface area contributed by atoms with E-state index in [0.29, 0.717) is 27.9 Å². The van der Waals surface area contributed by atoms with Crippen molar-refractivity contribution in [1.82, 2.24) is 19.2 Å². The first-order chi connectivity index (χ1) is 14.2. The van der Waals surface area contributed by atoms with Gasteiger partial charge in [-0.1, -0.05) is 54.2 Å². The standard InChI is InChI=1S/C21H15FN4OS2/c22-16-8-4-7-15(11-16)13-29-21-24-23-20-25(12-14-5-2-1-3-6-14)19(27)18-17(26(20)21)9-10-28-18/h1-11H,12-13H2. The summed E-state index contributed by atoms with van der Waals surface area (Å²) in [5.41, 5.74) is 2.61. The summed E-state index contributed by atoms with van der Waals surface area (Å²) >= 11 is 2.88. The smallest absolute Gasteiger partial charge is 0.271 e. The molecule has 5 rings (SSSR count). The summed E-state index contributed by atoms with van der Waals surface area (Å²) in [4.78, 5) is 13.1. The van der Waals surface area contributed by atoms with Crippen molar-refractivity contribution in [2.75, 3.05) is 0 Å². The molecule has 0 radical (unpaired) electrons. The summed E-state index contributed by atoms with van der Waals surface area (Å²) in [6.07, 6.45) is 0. The Morgan fingerprint density at radius 2 is 1.83 bits per heavy atom. The highest BCUT2D eigenvalue weighted by atomic mass is 32.2. The number of rotatable bonds is 5. The maximum atomic E-state index is 13.5. The summed E-state index contributed by atoms with van der Waals surface area (Å²) in [6.45, 7) is 0.420. The highest BCUT2D eigenvalue weighted by Crippen LogP contribution is 2.27. The lowest BCUT2D eigenvalue weighted by molar-refractivity contribution is 0.626. The molecule has 0 amide bonds. The Morgan fingerprint density at radius 3 is 2.66 bits per heavy atom. The zero-order valence-electron chi connectivity index (χ0n) is 15.2. The van der Waals surface area contributed by atoms with Gasteiger partial charge in [0.2, 0.25) is 5.78 Å². The Labute approximate surface area is 173 Å². The molecule has 3 heterocycles. The van der Waals surface area contributed by atoms with Crippen LogP contribution in [0.1, 0.15) is 11.1 Å². The van der Waals surface area contributed by atoms with E-state index in [4.69, 9.17) is 0 Å². The van der Waals surface area contributed by atoms with Crippen molar-refractivity contribution in [3.8, 4) is 0 Å². The molecule has 0 atom stereocenters. The fraction of sp³-hybridized carbons (Fsp3) is 0.0952. The lowest BCUT2D eigenvalue weighted by Crippen LogP contribution is -2.23. The lowest BCUT2D eigenvalue weighted by Gasteiger charge is -2.09. The fourth-order valence-corrected chi connectivity index (χ4v) is 4.98. The average Bonchev–Trinajstić information content (AvgIpc) is 3.37. The lowest BCUT2D eigenvalue weighted by atomic mass is 10.2. The Kier molecular flexibility index (Phi) is 4.65. The quantitative estimate of drug-likeness (QED) is 0.389. The number of hydrogen-bond acceptors (Lipinski definition) is 5. The summed E-state index contributed by atoms with van der Waals surface area (Å²) in [5, 5.41) is 11.2. The van der Waals surface area contributed by atoms with Crippen LogP contribution in [-0.2, 0) is 12.3 Å². The first kappa shape index (κ1) is 18.1. The van der Waals surface area contributed by atoms with E-state index in [1.165, 1.54) is 35.2 Å². The Balaban J connectivity index is 1.61. The molecule has 3 aromatic heterocycles. The summed E-state index contributed by atoms with van der Waals surface area (Å²) < 4.78 is 17.7. The molecule has 29 heavy (non-hydrogen) atoms. The van der Waals surface area contributed by atoms with Crippen LogP contribution in [0.5, 0.6) is 0 Å². The van der Waals surface area contributed by atoms with Gasteiger partial charge < -0.3 is 0 Å². The zero-order valence-corrected chi connectivity index (χ0v) is 16.8. The van der Waals surface area contributed by atoms with E-state index in [1.54, 1.807) is 10.6 Å². The Hall–Kier alpha value is -2.97. The first-order valence-corrected chi connectivity index (χ1v) is 10.8. The molecule has 0 N–H and O–H groups in total. The number of thioether (sulfide) groups is 1. The van der Waals surface area contributed by atoms with Crippen LogP contribution < -0.4 is 5.56 Å². The molecule has 0 unspecified atom stereocenters. The molecule has 0 bridgehead atoms. The van der Waals surface area contributed by atoms with E-state index in [2.05, 4.69) is 10.2 Å². The number of aromatic nitrogens is 4. The highest BCUT2D eigenvalue weighted by molar-refractivity contribution is 7.98. The number of hydrogen-bond donors (Lipinski definition) is 0. The molecule has 0 spiro atoms. The minimum absolute atomic E-state index is 0.0690. The van der Waals surface area contributed by atoms with Crippen molar-refractivity contribution in [3.05, 3.63) is 93.3 Å². The predicted molar refractivity (Wildman–Crippen MR) is 114 cm³/mol. The number of fused-ring (bicyclic) bond motifs is 3. The number of thiophene rings is 1. The molecule has 5 aromatic rings. The van der Waals surface area contributed by atoms with Gasteiger partial charge >= 0.3 is 0 Å². The Morgan fingerprint density at radius 1 is 1.00 bits per heavy atom. The van der Waals surface area contributed by atoms with Crippen molar-refractivity contribution in [3.63, 3.8) is 0 Å². The van der Waals surface area contributed by atoms with E-state index >= 15 is 0 Å². The van der Waals surface area contributed by atoms with Crippen LogP contribution in [0, 0.1) is 5.82 Å². The molecular formula is C21H15FN4OS2. The third kappa shape index (κ3) is 3.34. The van der Waals surface area contributed by atoms with Crippen LogP contribution in [0.3, 0.4) is 0 Å². The summed E-state index contributed by atoms with van der Waals surface area (Å²) in [7, 11) is 0. The number of benzene rings is 2. The first-order valence-electron chi connectivity index (χ1n) is 8.97. The van der Waals surface area contributed by atoms with Gasteiger partial charge in [0.1, 0.15) is 10.5 Å². The largest absolute Gasteiger partial charge is 0.273 e. The molecule has 0 saturated carbocycles. The molecule has 0 saturated heterocycles. The third-order valence-corrected chi connectivity index (χ3v) is 6.51. The second-order valence-electron chi connectivity index (χ2n) is 6.55. The van der Waals surface area contributed by atoms with Crippen molar-refractivity contribution in [1.29, 1.82) is 0 Å². The van der Waals surface area contributed by atoms with Gasteiger partial charge in [-0.15, -0.1) is 21.5 Å². The second-order valence-corrected chi connectivity index (χ2v) is 8.41. The van der Waals surface area contributed by atoms with Crippen molar-refractivity contribution >= 4 is 39.1 Å². The molecule has 0 aliphatic rings. The van der Waals surface area contributed by atoms with Crippen molar-refractivity contribution < 1.29 is 4.39 Å². The summed E-state index contributed by atoms with van der Waals surface area (Å²) in [6, 6.07) is 18.2. The van der Waals surface area contributed by atoms with E-state index in [-0.39, 0.29) is 11.4 Å². The van der Waals surface area contributed by atoms with Gasteiger partial charge in [-0.05, 0) is 34.7 Å². The van der Waals surface area contributed by atoms with Gasteiger partial charge in [0, 0.05) is 5.75 Å². The number of nitrogens with zero attached hydrogens (tertiary/aromatic N) is 4. The van der Waals surface area contributed by atoms with Crippen molar-refractivity contribution in [2.24, 2.45) is 0 Å². The van der Waals surface area contributed by atoms with Crippen LogP contribution in [0.4, 0.5) is 4.39 Å². The molecule has 5 nitrogen and oxygen atoms in total. The van der Waals surface area contributed by atoms with Gasteiger partial charge in [0.25, 0.3) is 5.56 Å². The normalized spacial score (nSPS) is 11.5. The van der Waals surface area contributed by atoms with Gasteiger partial charge in [-0.2, -0.15) is 0 Å². The topological polar surface area (TPSA) is 52.2 Å². The SMILES string of the molecule is O=c1c2sccc2n2c(SCc3cccc(F)c3)nnc2n1Cc1ccccc1. The van der Waals surface area contributed by atoms with E-state index in [0.717, 1.165) is 16.6 Å².